The van der Waals surface area contributed by atoms with Crippen LogP contribution in [0.25, 0.3) is 0 Å². The van der Waals surface area contributed by atoms with Crippen LogP contribution in [-0.2, 0) is 4.74 Å². The number of piperazine rings is 1. The van der Waals surface area contributed by atoms with Gasteiger partial charge in [-0.2, -0.15) is 0 Å². The molecule has 0 spiro atoms. The zero-order valence-electron chi connectivity index (χ0n) is 19.5. The number of carbonyl (C=O) groups is 1. The van der Waals surface area contributed by atoms with Crippen molar-refractivity contribution in [1.29, 1.82) is 0 Å². The van der Waals surface area contributed by atoms with Crippen LogP contribution in [0.15, 0.2) is 72.8 Å². The minimum absolute atomic E-state index is 0.0217. The molecule has 1 aliphatic rings. The molecule has 0 radical (unpaired) electrons. The zero-order valence-corrected chi connectivity index (χ0v) is 19.5. The van der Waals surface area contributed by atoms with Gasteiger partial charge in [0.15, 0.2) is 5.78 Å². The van der Waals surface area contributed by atoms with Crippen molar-refractivity contribution in [3.8, 4) is 0 Å². The first-order valence-corrected chi connectivity index (χ1v) is 11.8. The summed E-state index contributed by atoms with van der Waals surface area (Å²) in [7, 11) is 0. The number of Topliss-reactive ketones (excluding diaryl/α,β-unsaturated/α-hetero) is 1. The number of halogens is 3. The summed E-state index contributed by atoms with van der Waals surface area (Å²) in [6.07, 6.45) is 0.00105. The summed E-state index contributed by atoms with van der Waals surface area (Å²) in [5.74, 6) is -0.954. The van der Waals surface area contributed by atoms with E-state index in [0.717, 1.165) is 43.9 Å². The van der Waals surface area contributed by atoms with Crippen LogP contribution in [0.1, 0.15) is 34.0 Å². The van der Waals surface area contributed by atoms with Gasteiger partial charge in [0, 0.05) is 51.3 Å². The number of hydrogen-bond donors (Lipinski definition) is 0. The summed E-state index contributed by atoms with van der Waals surface area (Å²) in [5.41, 5.74) is 2.17. The van der Waals surface area contributed by atoms with Crippen molar-refractivity contribution in [2.45, 2.75) is 12.5 Å². The number of ketones is 1. The highest BCUT2D eigenvalue weighted by Gasteiger charge is 2.20. The fraction of sp³-hybridized carbons (Fsp3) is 0.321. The Balaban J connectivity index is 1.23. The molecule has 0 bridgehead atoms. The fourth-order valence-electron chi connectivity index (χ4n) is 4.24. The van der Waals surface area contributed by atoms with Crippen LogP contribution in [0, 0.1) is 17.5 Å². The van der Waals surface area contributed by atoms with Crippen LogP contribution in [0.3, 0.4) is 0 Å². The van der Waals surface area contributed by atoms with Crippen molar-refractivity contribution in [3.63, 3.8) is 0 Å². The van der Waals surface area contributed by atoms with Crippen molar-refractivity contribution < 1.29 is 22.7 Å². The predicted octanol–water partition coefficient (Wildman–Crippen LogP) is 5.10. The molecule has 4 nitrogen and oxygen atoms in total. The molecule has 0 aliphatic carbocycles. The first kappa shape index (κ1) is 25.1. The third-order valence-corrected chi connectivity index (χ3v) is 6.32. The second-order valence-electron chi connectivity index (χ2n) is 8.72. The number of nitrogens with zero attached hydrogens (tertiary/aromatic N) is 2. The maximum absolute atomic E-state index is 13.4. The monoisotopic (exact) mass is 482 g/mol. The lowest BCUT2D eigenvalue weighted by Gasteiger charge is -2.34. The lowest BCUT2D eigenvalue weighted by molar-refractivity contribution is 0.0449. The lowest BCUT2D eigenvalue weighted by Crippen LogP contribution is -2.47. The standard InChI is InChI=1S/C28H29F3N2O2/c29-24-7-1-21(2-8-24)27(34)13-14-32-15-17-33(18-16-32)19-20-35-28(22-3-9-25(30)10-4-22)23-5-11-26(31)12-6-23/h1-12,28H,13-20H2. The molecule has 0 N–H and O–H groups in total. The van der Waals surface area contributed by atoms with Crippen molar-refractivity contribution >= 4 is 5.78 Å². The number of rotatable bonds is 10. The molecule has 3 aromatic rings. The Morgan fingerprint density at radius 1 is 0.686 bits per heavy atom. The molecule has 1 saturated heterocycles. The van der Waals surface area contributed by atoms with E-state index < -0.39 is 6.10 Å². The molecular weight excluding hydrogens is 453 g/mol. The quantitative estimate of drug-likeness (QED) is 0.377. The molecular formula is C28H29F3N2O2. The third-order valence-electron chi connectivity index (χ3n) is 6.32. The van der Waals surface area contributed by atoms with E-state index in [0.29, 0.717) is 25.1 Å². The highest BCUT2D eigenvalue weighted by molar-refractivity contribution is 5.96. The molecule has 0 unspecified atom stereocenters. The Labute approximate surface area is 203 Å². The van der Waals surface area contributed by atoms with Gasteiger partial charge in [0.2, 0.25) is 0 Å². The molecule has 1 heterocycles. The Morgan fingerprint density at radius 3 is 1.60 bits per heavy atom. The average molecular weight is 483 g/mol. The van der Waals surface area contributed by atoms with Crippen molar-refractivity contribution in [3.05, 3.63) is 107 Å². The van der Waals surface area contributed by atoms with Crippen LogP contribution in [-0.4, -0.2) is 61.5 Å². The van der Waals surface area contributed by atoms with Crippen molar-refractivity contribution in [2.75, 3.05) is 45.9 Å². The van der Waals surface area contributed by atoms with Crippen LogP contribution in [0.2, 0.25) is 0 Å². The molecule has 1 fully saturated rings. The summed E-state index contributed by atoms with van der Waals surface area (Å²) in [4.78, 5) is 16.9. The largest absolute Gasteiger partial charge is 0.367 e. The number of ether oxygens (including phenoxy) is 1. The first-order chi connectivity index (χ1) is 17.0. The van der Waals surface area contributed by atoms with Gasteiger partial charge < -0.3 is 9.64 Å². The minimum atomic E-state index is -0.407. The van der Waals surface area contributed by atoms with E-state index in [9.17, 15) is 18.0 Å². The highest BCUT2D eigenvalue weighted by Crippen LogP contribution is 2.26. The maximum atomic E-state index is 13.4. The average Bonchev–Trinajstić information content (AvgIpc) is 2.88. The van der Waals surface area contributed by atoms with Gasteiger partial charge in [-0.1, -0.05) is 24.3 Å². The summed E-state index contributed by atoms with van der Waals surface area (Å²) in [6.45, 7) is 5.34. The van der Waals surface area contributed by atoms with E-state index in [1.165, 1.54) is 48.5 Å². The fourth-order valence-corrected chi connectivity index (χ4v) is 4.24. The van der Waals surface area contributed by atoms with Gasteiger partial charge in [-0.25, -0.2) is 13.2 Å². The highest BCUT2D eigenvalue weighted by atomic mass is 19.1. The Bertz CT molecular complexity index is 1040. The van der Waals surface area contributed by atoms with E-state index >= 15 is 0 Å². The smallest absolute Gasteiger partial charge is 0.164 e. The van der Waals surface area contributed by atoms with E-state index in [1.54, 1.807) is 24.3 Å². The molecule has 35 heavy (non-hydrogen) atoms. The van der Waals surface area contributed by atoms with E-state index in [-0.39, 0.29) is 23.2 Å². The minimum Gasteiger partial charge on any atom is -0.367 e. The molecule has 0 atom stereocenters. The Hall–Kier alpha value is -3.00. The van der Waals surface area contributed by atoms with Crippen molar-refractivity contribution in [2.24, 2.45) is 0 Å². The topological polar surface area (TPSA) is 32.8 Å². The number of hydrogen-bond acceptors (Lipinski definition) is 4. The molecule has 1 aliphatic heterocycles. The maximum Gasteiger partial charge on any atom is 0.164 e. The molecule has 4 rings (SSSR count). The van der Waals surface area contributed by atoms with Gasteiger partial charge in [0.05, 0.1) is 6.61 Å². The number of benzene rings is 3. The van der Waals surface area contributed by atoms with Crippen LogP contribution in [0.4, 0.5) is 13.2 Å². The zero-order chi connectivity index (χ0) is 24.6. The lowest BCUT2D eigenvalue weighted by atomic mass is 10.0. The molecule has 0 saturated carbocycles. The molecule has 0 aromatic heterocycles. The van der Waals surface area contributed by atoms with Gasteiger partial charge in [-0.3, -0.25) is 9.69 Å². The Kier molecular flexibility index (Phi) is 8.69. The summed E-state index contributed by atoms with van der Waals surface area (Å²) in [5, 5.41) is 0. The van der Waals surface area contributed by atoms with Gasteiger partial charge in [-0.05, 0) is 59.7 Å². The molecule has 0 amide bonds. The summed E-state index contributed by atoms with van der Waals surface area (Å²) >= 11 is 0. The van der Waals surface area contributed by atoms with Crippen LogP contribution in [0.5, 0.6) is 0 Å². The van der Waals surface area contributed by atoms with Gasteiger partial charge >= 0.3 is 0 Å². The Morgan fingerprint density at radius 2 is 1.11 bits per heavy atom. The van der Waals surface area contributed by atoms with Gasteiger partial charge in [0.1, 0.15) is 23.6 Å². The third kappa shape index (κ3) is 7.24. The normalized spacial score (nSPS) is 15.0. The van der Waals surface area contributed by atoms with E-state index in [4.69, 9.17) is 4.74 Å². The van der Waals surface area contributed by atoms with Gasteiger partial charge in [0.25, 0.3) is 0 Å². The second kappa shape index (κ2) is 12.1. The van der Waals surface area contributed by atoms with Crippen molar-refractivity contribution in [1.82, 2.24) is 9.80 Å². The second-order valence-corrected chi connectivity index (χ2v) is 8.72. The molecule has 7 heteroatoms. The van der Waals surface area contributed by atoms with E-state index in [1.807, 2.05) is 0 Å². The van der Waals surface area contributed by atoms with E-state index in [2.05, 4.69) is 9.80 Å². The SMILES string of the molecule is O=C(CCN1CCN(CCOC(c2ccc(F)cc2)c2ccc(F)cc2)CC1)c1ccc(F)cc1. The number of carbonyl (C=O) groups excluding carboxylic acids is 1. The van der Waals surface area contributed by atoms with Crippen LogP contribution >= 0.6 is 0 Å². The first-order valence-electron chi connectivity index (χ1n) is 11.8. The summed E-state index contributed by atoms with van der Waals surface area (Å²) in [6, 6.07) is 18.0. The van der Waals surface area contributed by atoms with Gasteiger partial charge in [-0.15, -0.1) is 0 Å². The summed E-state index contributed by atoms with van der Waals surface area (Å²) < 4.78 is 46.0. The molecule has 184 valence electrons. The van der Waals surface area contributed by atoms with Crippen LogP contribution < -0.4 is 0 Å². The molecule has 3 aromatic carbocycles. The predicted molar refractivity (Wildman–Crippen MR) is 129 cm³/mol.